The first-order valence-corrected chi connectivity index (χ1v) is 6.65. The van der Waals surface area contributed by atoms with Gasteiger partial charge in [0, 0.05) is 10.8 Å². The summed E-state index contributed by atoms with van der Waals surface area (Å²) in [6.07, 6.45) is -0.765. The number of carbonyl (C=O) groups is 2. The Morgan fingerprint density at radius 1 is 1.44 bits per heavy atom. The van der Waals surface area contributed by atoms with E-state index in [1.807, 2.05) is 0 Å². The van der Waals surface area contributed by atoms with Gasteiger partial charge < -0.3 is 14.8 Å². The molecule has 0 aliphatic rings. The van der Waals surface area contributed by atoms with Gasteiger partial charge in [-0.2, -0.15) is 0 Å². The highest BCUT2D eigenvalue weighted by atomic mass is 32.2. The van der Waals surface area contributed by atoms with E-state index in [0.29, 0.717) is 0 Å². The Balaban J connectivity index is 4.59. The SMILES string of the molecule is C=C[S@@](=O)C[C@H](NC(=O)OC(C)(C)C)C(=O)OC. The summed E-state index contributed by atoms with van der Waals surface area (Å²) in [6, 6.07) is -1.02. The van der Waals surface area contributed by atoms with Crippen molar-refractivity contribution in [3.05, 3.63) is 12.0 Å². The van der Waals surface area contributed by atoms with Crippen LogP contribution < -0.4 is 5.32 Å². The van der Waals surface area contributed by atoms with E-state index in [2.05, 4.69) is 16.6 Å². The minimum atomic E-state index is -1.43. The standard InChI is InChI=1S/C11H19NO5S/c1-6-18(15)7-8(9(13)16-5)12-10(14)17-11(2,3)4/h6,8H,1,7H2,2-5H3,(H,12,14)/t8-,18+/m0/s1. The molecule has 0 bridgehead atoms. The van der Waals surface area contributed by atoms with E-state index in [4.69, 9.17) is 4.74 Å². The molecule has 0 aliphatic carbocycles. The molecule has 0 saturated carbocycles. The van der Waals surface area contributed by atoms with Crippen LogP contribution in [-0.4, -0.2) is 40.8 Å². The summed E-state index contributed by atoms with van der Waals surface area (Å²) < 4.78 is 20.8. The van der Waals surface area contributed by atoms with Crippen molar-refractivity contribution >= 4 is 22.9 Å². The van der Waals surface area contributed by atoms with Gasteiger partial charge in [-0.1, -0.05) is 6.58 Å². The van der Waals surface area contributed by atoms with Crippen LogP contribution in [0.5, 0.6) is 0 Å². The molecular formula is C11H19NO5S. The number of hydrogen-bond donors (Lipinski definition) is 1. The molecule has 0 aromatic carbocycles. The third-order valence-electron chi connectivity index (χ3n) is 1.69. The van der Waals surface area contributed by atoms with E-state index >= 15 is 0 Å². The second kappa shape index (κ2) is 7.15. The molecule has 0 spiro atoms. The van der Waals surface area contributed by atoms with Gasteiger partial charge in [0.25, 0.3) is 0 Å². The van der Waals surface area contributed by atoms with E-state index < -0.39 is 34.5 Å². The van der Waals surface area contributed by atoms with Crippen molar-refractivity contribution in [3.8, 4) is 0 Å². The van der Waals surface area contributed by atoms with Crippen molar-refractivity contribution < 1.29 is 23.3 Å². The van der Waals surface area contributed by atoms with Gasteiger partial charge in [-0.15, -0.1) is 0 Å². The topological polar surface area (TPSA) is 81.7 Å². The molecule has 0 aromatic rings. The molecule has 0 heterocycles. The normalized spacial score (nSPS) is 14.2. The molecule has 0 unspecified atom stereocenters. The Morgan fingerprint density at radius 2 is 2.00 bits per heavy atom. The van der Waals surface area contributed by atoms with E-state index in [-0.39, 0.29) is 5.75 Å². The Hall–Kier alpha value is -1.37. The predicted molar refractivity (Wildman–Crippen MR) is 68.4 cm³/mol. The van der Waals surface area contributed by atoms with Gasteiger partial charge in [0.15, 0.2) is 0 Å². The summed E-state index contributed by atoms with van der Waals surface area (Å²) in [6.45, 7) is 8.43. The van der Waals surface area contributed by atoms with Crippen molar-refractivity contribution in [2.24, 2.45) is 0 Å². The van der Waals surface area contributed by atoms with Crippen LogP contribution >= 0.6 is 0 Å². The summed E-state index contributed by atoms with van der Waals surface area (Å²) in [5, 5.41) is 3.50. The maximum atomic E-state index is 11.5. The smallest absolute Gasteiger partial charge is 0.408 e. The lowest BCUT2D eigenvalue weighted by Gasteiger charge is -2.22. The van der Waals surface area contributed by atoms with Gasteiger partial charge >= 0.3 is 12.1 Å². The first-order chi connectivity index (χ1) is 8.19. The average molecular weight is 277 g/mol. The van der Waals surface area contributed by atoms with Crippen LogP contribution in [0.15, 0.2) is 12.0 Å². The molecule has 1 N–H and O–H groups in total. The number of nitrogens with one attached hydrogen (secondary N) is 1. The summed E-state index contributed by atoms with van der Waals surface area (Å²) in [5.74, 6) is -0.786. The predicted octanol–water partition coefficient (Wildman–Crippen LogP) is 0.945. The Morgan fingerprint density at radius 3 is 2.39 bits per heavy atom. The molecule has 0 aliphatic heterocycles. The number of amides is 1. The number of methoxy groups -OCH3 is 1. The maximum Gasteiger partial charge on any atom is 0.408 e. The Kier molecular flexibility index (Phi) is 6.61. The lowest BCUT2D eigenvalue weighted by atomic mass is 10.2. The summed E-state index contributed by atoms with van der Waals surface area (Å²) >= 11 is 0. The molecule has 7 heteroatoms. The summed E-state index contributed by atoms with van der Waals surface area (Å²) in [4.78, 5) is 22.9. The average Bonchev–Trinajstić information content (AvgIpc) is 2.24. The number of alkyl carbamates (subject to hydrolysis) is 1. The zero-order chi connectivity index (χ0) is 14.3. The lowest BCUT2D eigenvalue weighted by molar-refractivity contribution is -0.142. The minimum absolute atomic E-state index is 0.102. The third-order valence-corrected chi connectivity index (χ3v) is 2.73. The van der Waals surface area contributed by atoms with Crippen molar-refractivity contribution in [1.29, 1.82) is 0 Å². The number of esters is 1. The van der Waals surface area contributed by atoms with Gasteiger partial charge in [0.05, 0.1) is 12.9 Å². The molecule has 0 radical (unpaired) electrons. The third kappa shape index (κ3) is 7.05. The fourth-order valence-corrected chi connectivity index (χ4v) is 1.68. The zero-order valence-corrected chi connectivity index (χ0v) is 11.8. The molecular weight excluding hydrogens is 258 g/mol. The molecule has 0 rings (SSSR count). The van der Waals surface area contributed by atoms with E-state index in [1.54, 1.807) is 20.8 Å². The molecule has 0 aromatic heterocycles. The molecule has 2 atom stereocenters. The highest BCUT2D eigenvalue weighted by Gasteiger charge is 2.26. The maximum absolute atomic E-state index is 11.5. The van der Waals surface area contributed by atoms with E-state index in [0.717, 1.165) is 0 Å². The minimum Gasteiger partial charge on any atom is -0.467 e. The van der Waals surface area contributed by atoms with Crippen LogP contribution in [-0.2, 0) is 25.1 Å². The lowest BCUT2D eigenvalue weighted by Crippen LogP contribution is -2.46. The Bertz CT molecular complexity index is 348. The number of hydrogen-bond acceptors (Lipinski definition) is 5. The van der Waals surface area contributed by atoms with Crippen LogP contribution in [0.1, 0.15) is 20.8 Å². The first kappa shape index (κ1) is 16.6. The molecule has 0 fully saturated rings. The van der Waals surface area contributed by atoms with E-state index in [9.17, 15) is 13.8 Å². The number of carbonyl (C=O) groups excluding carboxylic acids is 2. The number of ether oxygens (including phenoxy) is 2. The summed E-state index contributed by atoms with van der Waals surface area (Å²) in [5.41, 5.74) is -0.678. The van der Waals surface area contributed by atoms with Gasteiger partial charge in [0.2, 0.25) is 0 Å². The highest BCUT2D eigenvalue weighted by molar-refractivity contribution is 7.88. The Labute approximate surface area is 109 Å². The second-order valence-electron chi connectivity index (χ2n) is 4.44. The quantitative estimate of drug-likeness (QED) is 0.756. The van der Waals surface area contributed by atoms with Crippen molar-refractivity contribution in [2.75, 3.05) is 12.9 Å². The van der Waals surface area contributed by atoms with Gasteiger partial charge in [-0.3, -0.25) is 4.21 Å². The van der Waals surface area contributed by atoms with Gasteiger partial charge in [0.1, 0.15) is 11.6 Å². The van der Waals surface area contributed by atoms with Crippen molar-refractivity contribution in [3.63, 3.8) is 0 Å². The molecule has 104 valence electrons. The highest BCUT2D eigenvalue weighted by Crippen LogP contribution is 2.07. The largest absolute Gasteiger partial charge is 0.467 e. The summed E-state index contributed by atoms with van der Waals surface area (Å²) in [7, 11) is -0.243. The van der Waals surface area contributed by atoms with Gasteiger partial charge in [-0.05, 0) is 26.2 Å². The second-order valence-corrected chi connectivity index (χ2v) is 5.86. The van der Waals surface area contributed by atoms with Crippen LogP contribution in [0.2, 0.25) is 0 Å². The van der Waals surface area contributed by atoms with Gasteiger partial charge in [-0.25, -0.2) is 9.59 Å². The fourth-order valence-electron chi connectivity index (χ4n) is 0.993. The van der Waals surface area contributed by atoms with Crippen molar-refractivity contribution in [1.82, 2.24) is 5.32 Å². The van der Waals surface area contributed by atoms with Crippen LogP contribution in [0.4, 0.5) is 4.79 Å². The molecule has 18 heavy (non-hydrogen) atoms. The monoisotopic (exact) mass is 277 g/mol. The van der Waals surface area contributed by atoms with Crippen LogP contribution in [0.3, 0.4) is 0 Å². The van der Waals surface area contributed by atoms with Crippen LogP contribution in [0.25, 0.3) is 0 Å². The number of rotatable bonds is 5. The zero-order valence-electron chi connectivity index (χ0n) is 11.0. The van der Waals surface area contributed by atoms with E-state index in [1.165, 1.54) is 12.5 Å². The first-order valence-electron chi connectivity index (χ1n) is 5.26. The molecule has 0 saturated heterocycles. The molecule has 1 amide bonds. The fraction of sp³-hybridized carbons (Fsp3) is 0.636. The van der Waals surface area contributed by atoms with Crippen LogP contribution in [0, 0.1) is 0 Å². The molecule has 6 nitrogen and oxygen atoms in total. The van der Waals surface area contributed by atoms with Crippen molar-refractivity contribution in [2.45, 2.75) is 32.4 Å².